The number of piperidine rings is 1. The first kappa shape index (κ1) is 24.6. The van der Waals surface area contributed by atoms with Crippen molar-refractivity contribution in [2.24, 2.45) is 0 Å². The first-order valence-corrected chi connectivity index (χ1v) is 13.5. The monoisotopic (exact) mass is 517 g/mol. The molecule has 0 saturated carbocycles. The van der Waals surface area contributed by atoms with Gasteiger partial charge in [0.1, 0.15) is 5.65 Å². The van der Waals surface area contributed by atoms with Crippen molar-refractivity contribution in [3.05, 3.63) is 72.3 Å². The molecular weight excluding hydrogens is 490 g/mol. The lowest BCUT2D eigenvalue weighted by molar-refractivity contribution is -0.114. The van der Waals surface area contributed by atoms with E-state index in [1.165, 1.54) is 6.92 Å². The number of imidazole rings is 1. The Kier molecular flexibility index (Phi) is 6.97. The fourth-order valence-electron chi connectivity index (χ4n) is 4.18. The minimum Gasteiger partial charge on any atom is -0.324 e. The highest BCUT2D eigenvalue weighted by atomic mass is 32.2. The average Bonchev–Trinajstić information content (AvgIpc) is 3.30. The number of benzene rings is 1. The first-order valence-electron chi connectivity index (χ1n) is 11.9. The fraction of sp³-hybridized carbons (Fsp3) is 0.231. The summed E-state index contributed by atoms with van der Waals surface area (Å²) >= 11 is 0. The summed E-state index contributed by atoms with van der Waals surface area (Å²) in [6.45, 7) is 2.90. The van der Waals surface area contributed by atoms with Crippen LogP contribution in [0, 0.1) is 0 Å². The van der Waals surface area contributed by atoms with Gasteiger partial charge in [-0.3, -0.25) is 4.79 Å². The van der Waals surface area contributed by atoms with Gasteiger partial charge in [-0.1, -0.05) is 12.2 Å². The van der Waals surface area contributed by atoms with E-state index in [2.05, 4.69) is 30.9 Å². The van der Waals surface area contributed by atoms with Crippen LogP contribution >= 0.6 is 0 Å². The second-order valence-corrected chi connectivity index (χ2v) is 11.1. The number of nitrogens with one attached hydrogen (secondary N) is 3. The molecule has 0 bridgehead atoms. The number of anilines is 3. The predicted molar refractivity (Wildman–Crippen MR) is 143 cm³/mol. The molecule has 0 unspecified atom stereocenters. The molecule has 3 N–H and O–H groups in total. The quantitative estimate of drug-likeness (QED) is 0.339. The van der Waals surface area contributed by atoms with Crippen molar-refractivity contribution in [1.29, 1.82) is 0 Å². The summed E-state index contributed by atoms with van der Waals surface area (Å²) in [4.78, 5) is 24.6. The summed E-state index contributed by atoms with van der Waals surface area (Å²) in [6.07, 6.45) is 12.2. The van der Waals surface area contributed by atoms with Crippen molar-refractivity contribution < 1.29 is 13.2 Å². The number of rotatable bonds is 7. The van der Waals surface area contributed by atoms with E-state index in [-0.39, 0.29) is 11.2 Å². The number of amides is 1. The number of hydrogen-bond donors (Lipinski definition) is 3. The molecule has 11 heteroatoms. The largest absolute Gasteiger partial charge is 0.324 e. The molecule has 1 amide bonds. The summed E-state index contributed by atoms with van der Waals surface area (Å²) < 4.78 is 27.6. The zero-order valence-corrected chi connectivity index (χ0v) is 21.1. The molecule has 4 aromatic rings. The predicted octanol–water partition coefficient (Wildman–Crippen LogP) is 3.52. The third-order valence-corrected chi connectivity index (χ3v) is 8.36. The van der Waals surface area contributed by atoms with Gasteiger partial charge in [0.05, 0.1) is 16.3 Å². The normalized spacial score (nSPS) is 14.7. The summed E-state index contributed by atoms with van der Waals surface area (Å²) in [5.41, 5.74) is 3.20. The average molecular weight is 518 g/mol. The third kappa shape index (κ3) is 5.84. The molecular formula is C26H27N7O3S. The molecule has 1 aliphatic rings. The van der Waals surface area contributed by atoms with Crippen LogP contribution in [0.2, 0.25) is 0 Å². The number of carbonyl (C=O) groups is 1. The lowest BCUT2D eigenvalue weighted by Gasteiger charge is -2.22. The highest BCUT2D eigenvalue weighted by Gasteiger charge is 2.28. The van der Waals surface area contributed by atoms with Crippen molar-refractivity contribution in [2.45, 2.75) is 29.9 Å². The molecule has 1 aliphatic heterocycles. The SMILES string of the molecule is CC(=O)Nc1cn2cc(/C=C/c3cnc(Nc4ccc(S(=O)(=O)C5CCNCC5)cc4)nc3)ccc2n1. The number of nitrogens with zero attached hydrogens (tertiary/aromatic N) is 4. The van der Waals surface area contributed by atoms with Gasteiger partial charge >= 0.3 is 0 Å². The van der Waals surface area contributed by atoms with Crippen LogP contribution in [0.3, 0.4) is 0 Å². The Morgan fingerprint density at radius 1 is 1.00 bits per heavy atom. The number of sulfone groups is 1. The number of aromatic nitrogens is 4. The molecule has 3 aromatic heterocycles. The van der Waals surface area contributed by atoms with Gasteiger partial charge in [-0.05, 0) is 67.9 Å². The Bertz CT molecular complexity index is 1540. The standard InChI is InChI=1S/C26H27N7O3S/c1-18(34)30-24-17-33-16-19(4-9-25(33)32-24)2-3-20-14-28-26(29-15-20)31-21-5-7-22(8-6-21)37(35,36)23-10-12-27-13-11-23/h2-9,14-17,23,27H,10-13H2,1H3,(H,30,34)(H,28,29,31)/b3-2+. The highest BCUT2D eigenvalue weighted by molar-refractivity contribution is 7.92. The molecule has 5 rings (SSSR count). The van der Waals surface area contributed by atoms with E-state index in [1.54, 1.807) is 42.9 Å². The second kappa shape index (κ2) is 10.5. The Morgan fingerprint density at radius 2 is 1.70 bits per heavy atom. The van der Waals surface area contributed by atoms with E-state index in [0.29, 0.717) is 35.2 Å². The molecule has 0 radical (unpaired) electrons. The number of carbonyl (C=O) groups excluding carboxylic acids is 1. The van der Waals surface area contributed by atoms with Gasteiger partial charge in [0, 0.05) is 36.8 Å². The summed E-state index contributed by atoms with van der Waals surface area (Å²) in [5.74, 6) is 0.749. The molecule has 0 aliphatic carbocycles. The van der Waals surface area contributed by atoms with Gasteiger partial charge in [0.25, 0.3) is 0 Å². The molecule has 4 heterocycles. The molecule has 0 atom stereocenters. The summed E-state index contributed by atoms with van der Waals surface area (Å²) in [5, 5.41) is 8.65. The minimum atomic E-state index is -3.33. The fourth-order valence-corrected chi connectivity index (χ4v) is 5.94. The van der Waals surface area contributed by atoms with Crippen LogP contribution in [0.25, 0.3) is 17.8 Å². The maximum Gasteiger partial charge on any atom is 0.227 e. The van der Waals surface area contributed by atoms with Crippen LogP contribution in [0.5, 0.6) is 0 Å². The lowest BCUT2D eigenvalue weighted by Crippen LogP contribution is -2.35. The van der Waals surface area contributed by atoms with E-state index in [0.717, 1.165) is 29.9 Å². The van der Waals surface area contributed by atoms with Crippen LogP contribution in [-0.4, -0.2) is 52.0 Å². The topological polar surface area (TPSA) is 130 Å². The maximum absolute atomic E-state index is 12.9. The van der Waals surface area contributed by atoms with Crippen LogP contribution in [0.1, 0.15) is 30.9 Å². The highest BCUT2D eigenvalue weighted by Crippen LogP contribution is 2.24. The number of hydrogen-bond acceptors (Lipinski definition) is 8. The van der Waals surface area contributed by atoms with Crippen LogP contribution in [0.15, 0.2) is 66.1 Å². The molecule has 1 aromatic carbocycles. The molecule has 190 valence electrons. The molecule has 37 heavy (non-hydrogen) atoms. The Morgan fingerprint density at radius 3 is 2.41 bits per heavy atom. The zero-order valence-electron chi connectivity index (χ0n) is 20.3. The van der Waals surface area contributed by atoms with Gasteiger partial charge in [-0.2, -0.15) is 0 Å². The first-order chi connectivity index (χ1) is 17.9. The van der Waals surface area contributed by atoms with E-state index in [4.69, 9.17) is 0 Å². The van der Waals surface area contributed by atoms with Crippen molar-refractivity contribution in [3.63, 3.8) is 0 Å². The Balaban J connectivity index is 1.22. The summed E-state index contributed by atoms with van der Waals surface area (Å²) in [6, 6.07) is 10.5. The molecule has 0 spiro atoms. The van der Waals surface area contributed by atoms with Crippen molar-refractivity contribution >= 4 is 51.0 Å². The molecule has 1 fully saturated rings. The van der Waals surface area contributed by atoms with Crippen molar-refractivity contribution in [1.82, 2.24) is 24.7 Å². The van der Waals surface area contributed by atoms with Crippen LogP contribution in [-0.2, 0) is 14.6 Å². The minimum absolute atomic E-state index is 0.168. The second-order valence-electron chi connectivity index (χ2n) is 8.85. The molecule has 1 saturated heterocycles. The summed E-state index contributed by atoms with van der Waals surface area (Å²) in [7, 11) is -3.33. The lowest BCUT2D eigenvalue weighted by atomic mass is 10.2. The van der Waals surface area contributed by atoms with E-state index < -0.39 is 9.84 Å². The van der Waals surface area contributed by atoms with Gasteiger partial charge in [-0.15, -0.1) is 0 Å². The zero-order chi connectivity index (χ0) is 25.8. The Labute approximate surface area is 214 Å². The Hall–Kier alpha value is -4.09. The third-order valence-electron chi connectivity index (χ3n) is 6.08. The van der Waals surface area contributed by atoms with E-state index in [1.807, 2.05) is 34.9 Å². The van der Waals surface area contributed by atoms with Gasteiger partial charge < -0.3 is 20.4 Å². The van der Waals surface area contributed by atoms with Gasteiger partial charge in [0.15, 0.2) is 15.7 Å². The van der Waals surface area contributed by atoms with Crippen LogP contribution < -0.4 is 16.0 Å². The smallest absolute Gasteiger partial charge is 0.227 e. The molecule has 10 nitrogen and oxygen atoms in total. The van der Waals surface area contributed by atoms with Gasteiger partial charge in [-0.25, -0.2) is 23.4 Å². The van der Waals surface area contributed by atoms with Gasteiger partial charge in [0.2, 0.25) is 11.9 Å². The van der Waals surface area contributed by atoms with Crippen molar-refractivity contribution in [2.75, 3.05) is 23.7 Å². The van der Waals surface area contributed by atoms with Crippen LogP contribution in [0.4, 0.5) is 17.5 Å². The maximum atomic E-state index is 12.9. The van der Waals surface area contributed by atoms with E-state index in [9.17, 15) is 13.2 Å². The van der Waals surface area contributed by atoms with E-state index >= 15 is 0 Å². The van der Waals surface area contributed by atoms with Crippen molar-refractivity contribution in [3.8, 4) is 0 Å². The number of fused-ring (bicyclic) bond motifs is 1. The number of pyridine rings is 1.